The van der Waals surface area contributed by atoms with Crippen LogP contribution in [0.2, 0.25) is 0 Å². The third-order valence-electron chi connectivity index (χ3n) is 4.27. The van der Waals surface area contributed by atoms with Crippen LogP contribution in [0.25, 0.3) is 42.8 Å². The number of ether oxygens (including phenoxy) is 1. The van der Waals surface area contributed by atoms with E-state index >= 15 is 0 Å². The number of benzene rings is 4. The summed E-state index contributed by atoms with van der Waals surface area (Å²) in [6.45, 7) is -0.129. The third-order valence-corrected chi connectivity index (χ3v) is 4.27. The molecule has 4 aromatic carbocycles. The van der Waals surface area contributed by atoms with Gasteiger partial charge in [0.15, 0.2) is 0 Å². The molecule has 4 rings (SSSR count). The molecule has 116 valence electrons. The van der Waals surface area contributed by atoms with Gasteiger partial charge in [-0.15, -0.1) is 0 Å². The molecular formula is C19H13N3O2. The number of hydrogen-bond donors (Lipinski definition) is 0. The molecule has 0 saturated heterocycles. The van der Waals surface area contributed by atoms with Crippen molar-refractivity contribution in [2.24, 2.45) is 5.11 Å². The maximum absolute atomic E-state index is 11.6. The van der Waals surface area contributed by atoms with E-state index in [-0.39, 0.29) is 13.2 Å². The Morgan fingerprint density at radius 3 is 2.38 bits per heavy atom. The van der Waals surface area contributed by atoms with E-state index in [1.54, 1.807) is 0 Å². The zero-order valence-electron chi connectivity index (χ0n) is 12.8. The zero-order chi connectivity index (χ0) is 16.5. The first-order valence-corrected chi connectivity index (χ1v) is 7.60. The molecule has 0 aliphatic heterocycles. The van der Waals surface area contributed by atoms with E-state index in [4.69, 9.17) is 10.3 Å². The van der Waals surface area contributed by atoms with Crippen LogP contribution in [0.1, 0.15) is 5.56 Å². The van der Waals surface area contributed by atoms with Crippen molar-refractivity contribution < 1.29 is 9.53 Å². The smallest absolute Gasteiger partial charge is 0.312 e. The van der Waals surface area contributed by atoms with Crippen LogP contribution in [-0.2, 0) is 16.1 Å². The lowest BCUT2D eigenvalue weighted by atomic mass is 9.92. The number of azide groups is 1. The first kappa shape index (κ1) is 14.3. The molecule has 0 fully saturated rings. The minimum Gasteiger partial charge on any atom is -0.461 e. The lowest BCUT2D eigenvalue weighted by molar-refractivity contribution is -0.143. The highest BCUT2D eigenvalue weighted by Crippen LogP contribution is 2.35. The Kier molecular flexibility index (Phi) is 3.41. The molecule has 4 aromatic rings. The van der Waals surface area contributed by atoms with Crippen LogP contribution in [0, 0.1) is 0 Å². The Balaban J connectivity index is 1.82. The van der Waals surface area contributed by atoms with E-state index in [1.165, 1.54) is 26.9 Å². The van der Waals surface area contributed by atoms with Crippen LogP contribution in [0.15, 0.2) is 59.7 Å². The molecule has 0 bridgehead atoms. The molecule has 0 N–H and O–H groups in total. The van der Waals surface area contributed by atoms with Crippen LogP contribution < -0.4 is 0 Å². The Bertz CT molecular complexity index is 1100. The summed E-state index contributed by atoms with van der Waals surface area (Å²) in [5, 5.41) is 10.3. The largest absolute Gasteiger partial charge is 0.461 e. The van der Waals surface area contributed by atoms with Crippen molar-refractivity contribution in [1.82, 2.24) is 0 Å². The summed E-state index contributed by atoms with van der Waals surface area (Å²) in [6.07, 6.45) is 0. The fourth-order valence-corrected chi connectivity index (χ4v) is 3.21. The standard InChI is InChI=1S/C19H13N3O2/c20-22-21-10-17(23)24-11-15-7-6-14-5-4-12-2-1-3-13-8-9-16(15)19(14)18(12)13/h1-9H,10-11H2. The van der Waals surface area contributed by atoms with E-state index in [0.717, 1.165) is 10.9 Å². The first-order chi connectivity index (χ1) is 11.8. The Hall–Kier alpha value is -3.30. The van der Waals surface area contributed by atoms with Gasteiger partial charge in [0.1, 0.15) is 13.2 Å². The summed E-state index contributed by atoms with van der Waals surface area (Å²) >= 11 is 0. The van der Waals surface area contributed by atoms with Gasteiger partial charge in [-0.05, 0) is 43.4 Å². The van der Waals surface area contributed by atoms with Gasteiger partial charge in [0.25, 0.3) is 0 Å². The molecule has 5 heteroatoms. The second-order valence-electron chi connectivity index (χ2n) is 5.63. The molecule has 0 aromatic heterocycles. The van der Waals surface area contributed by atoms with Gasteiger partial charge in [-0.3, -0.25) is 4.79 Å². The van der Waals surface area contributed by atoms with Crippen molar-refractivity contribution in [3.05, 3.63) is 70.6 Å². The number of carbonyl (C=O) groups is 1. The Morgan fingerprint density at radius 2 is 1.62 bits per heavy atom. The minimum absolute atomic E-state index is 0.161. The molecule has 0 saturated carbocycles. The molecule has 0 spiro atoms. The maximum atomic E-state index is 11.6. The normalized spacial score (nSPS) is 11.0. The lowest BCUT2D eigenvalue weighted by Gasteiger charge is -2.13. The molecule has 0 amide bonds. The van der Waals surface area contributed by atoms with Gasteiger partial charge in [0.2, 0.25) is 0 Å². The topological polar surface area (TPSA) is 75.1 Å². The molecule has 0 unspecified atom stereocenters. The summed E-state index contributed by atoms with van der Waals surface area (Å²) in [5.41, 5.74) is 9.19. The monoisotopic (exact) mass is 315 g/mol. The van der Waals surface area contributed by atoms with E-state index < -0.39 is 5.97 Å². The highest BCUT2D eigenvalue weighted by molar-refractivity contribution is 6.23. The first-order valence-electron chi connectivity index (χ1n) is 7.60. The van der Waals surface area contributed by atoms with E-state index in [1.807, 2.05) is 12.1 Å². The molecule has 0 radical (unpaired) electrons. The van der Waals surface area contributed by atoms with Crippen molar-refractivity contribution in [3.63, 3.8) is 0 Å². The summed E-state index contributed by atoms with van der Waals surface area (Å²) in [7, 11) is 0. The quantitative estimate of drug-likeness (QED) is 0.176. The summed E-state index contributed by atoms with van der Waals surface area (Å²) in [5.74, 6) is -0.529. The van der Waals surface area contributed by atoms with Gasteiger partial charge in [0, 0.05) is 4.91 Å². The fourth-order valence-electron chi connectivity index (χ4n) is 3.21. The number of esters is 1. The zero-order valence-corrected chi connectivity index (χ0v) is 12.8. The molecule has 0 aliphatic rings. The van der Waals surface area contributed by atoms with E-state index in [0.29, 0.717) is 0 Å². The third kappa shape index (κ3) is 2.28. The number of hydrogen-bond acceptors (Lipinski definition) is 3. The summed E-state index contributed by atoms with van der Waals surface area (Å²) < 4.78 is 5.22. The van der Waals surface area contributed by atoms with E-state index in [9.17, 15) is 4.79 Å². The molecule has 0 atom stereocenters. The van der Waals surface area contributed by atoms with E-state index in [2.05, 4.69) is 52.5 Å². The predicted octanol–water partition coefficient (Wildman–Crippen LogP) is 4.94. The van der Waals surface area contributed by atoms with Crippen LogP contribution >= 0.6 is 0 Å². The Labute approximate surface area is 137 Å². The molecule has 0 heterocycles. The van der Waals surface area contributed by atoms with Crippen molar-refractivity contribution in [2.45, 2.75) is 6.61 Å². The minimum atomic E-state index is -0.529. The van der Waals surface area contributed by atoms with Gasteiger partial charge >= 0.3 is 5.97 Å². The fraction of sp³-hybridized carbons (Fsp3) is 0.105. The van der Waals surface area contributed by atoms with Gasteiger partial charge < -0.3 is 4.74 Å². The van der Waals surface area contributed by atoms with Crippen molar-refractivity contribution in [3.8, 4) is 0 Å². The van der Waals surface area contributed by atoms with Crippen LogP contribution in [0.4, 0.5) is 0 Å². The highest BCUT2D eigenvalue weighted by atomic mass is 16.5. The average molecular weight is 315 g/mol. The summed E-state index contributed by atoms with van der Waals surface area (Å²) in [6, 6.07) is 18.7. The van der Waals surface area contributed by atoms with Gasteiger partial charge in [-0.2, -0.15) is 0 Å². The molecular weight excluding hydrogens is 302 g/mol. The molecule has 5 nitrogen and oxygen atoms in total. The predicted molar refractivity (Wildman–Crippen MR) is 94.0 cm³/mol. The second-order valence-corrected chi connectivity index (χ2v) is 5.63. The SMILES string of the molecule is [N-]=[N+]=NCC(=O)OCc1ccc2ccc3cccc4ccc1c2c34. The number of nitrogens with zero attached hydrogens (tertiary/aromatic N) is 3. The maximum Gasteiger partial charge on any atom is 0.312 e. The van der Waals surface area contributed by atoms with Gasteiger partial charge in [0.05, 0.1) is 0 Å². The number of rotatable bonds is 4. The van der Waals surface area contributed by atoms with Crippen LogP contribution in [0.5, 0.6) is 0 Å². The average Bonchev–Trinajstić information content (AvgIpc) is 2.63. The summed E-state index contributed by atoms with van der Waals surface area (Å²) in [4.78, 5) is 14.1. The molecule has 0 aliphatic carbocycles. The van der Waals surface area contributed by atoms with Gasteiger partial charge in [-0.25, -0.2) is 0 Å². The number of carbonyl (C=O) groups excluding carboxylic acids is 1. The second kappa shape index (κ2) is 5.72. The van der Waals surface area contributed by atoms with Crippen molar-refractivity contribution in [2.75, 3.05) is 6.54 Å². The van der Waals surface area contributed by atoms with Gasteiger partial charge in [-0.1, -0.05) is 59.7 Å². The van der Waals surface area contributed by atoms with Crippen LogP contribution in [0.3, 0.4) is 0 Å². The van der Waals surface area contributed by atoms with Crippen LogP contribution in [-0.4, -0.2) is 12.5 Å². The lowest BCUT2D eigenvalue weighted by Crippen LogP contribution is -2.07. The Morgan fingerprint density at radius 1 is 0.958 bits per heavy atom. The molecule has 24 heavy (non-hydrogen) atoms. The van der Waals surface area contributed by atoms with Crippen molar-refractivity contribution >= 4 is 38.3 Å². The van der Waals surface area contributed by atoms with Crippen molar-refractivity contribution in [1.29, 1.82) is 0 Å². The highest BCUT2D eigenvalue weighted by Gasteiger charge is 2.11.